The van der Waals surface area contributed by atoms with Crippen molar-refractivity contribution < 1.29 is 4.42 Å². The van der Waals surface area contributed by atoms with Crippen molar-refractivity contribution in [2.75, 3.05) is 0 Å². The van der Waals surface area contributed by atoms with Crippen LogP contribution in [0.3, 0.4) is 0 Å². The predicted octanol–water partition coefficient (Wildman–Crippen LogP) is 1.19. The molecule has 0 saturated heterocycles. The minimum atomic E-state index is 0.232. The zero-order valence-electron chi connectivity index (χ0n) is 5.89. The Morgan fingerprint density at radius 1 is 1.42 bits per heavy atom. The summed E-state index contributed by atoms with van der Waals surface area (Å²) in [6.07, 6.45) is 4.68. The normalized spacial score (nSPS) is 10.0. The number of nitrogens with one attached hydrogen (secondary N) is 1. The Labute approximate surface area is 72.5 Å². The molecule has 2 aromatic heterocycles. The van der Waals surface area contributed by atoms with Crippen molar-refractivity contribution in [1.29, 1.82) is 0 Å². The summed E-state index contributed by atoms with van der Waals surface area (Å²) in [5, 5.41) is 6.29. The third-order valence-electron chi connectivity index (χ3n) is 1.22. The zero-order chi connectivity index (χ0) is 8.39. The van der Waals surface area contributed by atoms with Gasteiger partial charge in [-0.1, -0.05) is 0 Å². The monoisotopic (exact) mass is 180 g/mol. The summed E-state index contributed by atoms with van der Waals surface area (Å²) in [7, 11) is 0. The fourth-order valence-corrected chi connectivity index (χ4v) is 0.874. The van der Waals surface area contributed by atoms with E-state index >= 15 is 0 Å². The van der Waals surface area contributed by atoms with Gasteiger partial charge in [-0.15, -0.1) is 5.10 Å². The van der Waals surface area contributed by atoms with Gasteiger partial charge in [0.05, 0.1) is 6.20 Å². The number of hydrogen-bond donors (Lipinski definition) is 1. The number of hydrogen-bond acceptors (Lipinski definition) is 5. The van der Waals surface area contributed by atoms with Gasteiger partial charge in [-0.3, -0.25) is 4.98 Å². The lowest BCUT2D eigenvalue weighted by atomic mass is 10.4. The number of H-pyrrole nitrogens is 1. The summed E-state index contributed by atoms with van der Waals surface area (Å²) in [6, 6.07) is 0. The molecule has 0 aliphatic carbocycles. The maximum atomic E-state index is 5.02. The van der Waals surface area contributed by atoms with Crippen LogP contribution < -0.4 is 0 Å². The smallest absolute Gasteiger partial charge is 0.284 e. The predicted molar refractivity (Wildman–Crippen MR) is 42.7 cm³/mol. The third kappa shape index (κ3) is 1.24. The lowest BCUT2D eigenvalue weighted by Gasteiger charge is -1.88. The van der Waals surface area contributed by atoms with Crippen LogP contribution in [0, 0.1) is 4.84 Å². The van der Waals surface area contributed by atoms with Crippen LogP contribution in [0.2, 0.25) is 0 Å². The van der Waals surface area contributed by atoms with Crippen LogP contribution >= 0.6 is 12.2 Å². The summed E-state index contributed by atoms with van der Waals surface area (Å²) in [5.41, 5.74) is 0.560. The van der Waals surface area contributed by atoms with E-state index in [1.54, 1.807) is 18.6 Å². The first-order valence-corrected chi connectivity index (χ1v) is 3.59. The summed E-state index contributed by atoms with van der Waals surface area (Å²) in [6.45, 7) is 0. The number of aromatic amines is 1. The first-order valence-electron chi connectivity index (χ1n) is 3.18. The average Bonchev–Trinajstić information content (AvgIpc) is 2.54. The maximum absolute atomic E-state index is 5.02. The van der Waals surface area contributed by atoms with E-state index in [2.05, 4.69) is 20.2 Å². The fourth-order valence-electron chi connectivity index (χ4n) is 0.749. The minimum absolute atomic E-state index is 0.232. The molecule has 2 rings (SSSR count). The van der Waals surface area contributed by atoms with Crippen LogP contribution in [0.15, 0.2) is 23.0 Å². The van der Waals surface area contributed by atoms with Gasteiger partial charge in [0.15, 0.2) is 0 Å². The second-order valence-corrected chi connectivity index (χ2v) is 2.38. The maximum Gasteiger partial charge on any atom is 0.284 e. The van der Waals surface area contributed by atoms with Gasteiger partial charge >= 0.3 is 0 Å². The quantitative estimate of drug-likeness (QED) is 0.667. The van der Waals surface area contributed by atoms with E-state index in [1.807, 2.05) is 0 Å². The van der Waals surface area contributed by atoms with Gasteiger partial charge in [0.25, 0.3) is 10.7 Å². The molecule has 5 nitrogen and oxygen atoms in total. The lowest BCUT2D eigenvalue weighted by molar-refractivity contribution is 0.549. The van der Waals surface area contributed by atoms with Crippen molar-refractivity contribution in [3.63, 3.8) is 0 Å². The average molecular weight is 180 g/mol. The molecule has 6 heteroatoms. The summed E-state index contributed by atoms with van der Waals surface area (Å²) >= 11 is 4.70. The highest BCUT2D eigenvalue weighted by atomic mass is 32.1. The Hall–Kier alpha value is -1.56. The molecule has 60 valence electrons. The van der Waals surface area contributed by atoms with Gasteiger partial charge in [-0.2, -0.15) is 0 Å². The van der Waals surface area contributed by atoms with Gasteiger partial charge in [-0.25, -0.2) is 10.1 Å². The molecule has 0 aromatic carbocycles. The van der Waals surface area contributed by atoms with E-state index in [9.17, 15) is 0 Å². The summed E-state index contributed by atoms with van der Waals surface area (Å²) in [5.74, 6) is 0.355. The van der Waals surface area contributed by atoms with Gasteiger partial charge in [0, 0.05) is 12.4 Å². The van der Waals surface area contributed by atoms with Crippen molar-refractivity contribution in [3.8, 4) is 11.6 Å². The van der Waals surface area contributed by atoms with E-state index in [0.29, 0.717) is 11.6 Å². The highest BCUT2D eigenvalue weighted by molar-refractivity contribution is 7.71. The van der Waals surface area contributed by atoms with Gasteiger partial charge in [-0.05, 0) is 12.2 Å². The summed E-state index contributed by atoms with van der Waals surface area (Å²) in [4.78, 5) is 8.07. The lowest BCUT2D eigenvalue weighted by Crippen LogP contribution is -1.83. The van der Waals surface area contributed by atoms with E-state index in [0.717, 1.165) is 0 Å². The highest BCUT2D eigenvalue weighted by Crippen LogP contribution is 2.10. The van der Waals surface area contributed by atoms with Crippen LogP contribution in [0.25, 0.3) is 11.6 Å². The van der Waals surface area contributed by atoms with Crippen LogP contribution in [-0.2, 0) is 0 Å². The third-order valence-corrected chi connectivity index (χ3v) is 1.40. The standard InChI is InChI=1S/C6H4N4OS/c12-6-10-9-5(11-6)4-3-7-1-2-8-4/h1-3H,(H,10,12). The molecule has 1 N–H and O–H groups in total. The molecule has 2 aromatic rings. The molecule has 12 heavy (non-hydrogen) atoms. The number of rotatable bonds is 1. The van der Waals surface area contributed by atoms with Crippen LogP contribution in [0.4, 0.5) is 0 Å². The first kappa shape index (κ1) is 7.11. The SMILES string of the molecule is S=c1[nH]nc(-c2cnccn2)o1. The molecule has 0 atom stereocenters. The van der Waals surface area contributed by atoms with E-state index in [1.165, 1.54) is 0 Å². The Bertz CT molecular complexity index is 420. The molecule has 0 aliphatic heterocycles. The van der Waals surface area contributed by atoms with Crippen molar-refractivity contribution in [3.05, 3.63) is 23.4 Å². The van der Waals surface area contributed by atoms with Crippen molar-refractivity contribution in [2.24, 2.45) is 0 Å². The molecule has 0 unspecified atom stereocenters. The first-order chi connectivity index (χ1) is 5.86. The Kier molecular flexibility index (Phi) is 1.67. The highest BCUT2D eigenvalue weighted by Gasteiger charge is 2.03. The van der Waals surface area contributed by atoms with Crippen LogP contribution in [-0.4, -0.2) is 20.2 Å². The molecule has 2 heterocycles. The van der Waals surface area contributed by atoms with Gasteiger partial charge in [0.2, 0.25) is 0 Å². The largest absolute Gasteiger partial charge is 0.408 e. The van der Waals surface area contributed by atoms with Crippen LogP contribution in [0.5, 0.6) is 0 Å². The molecule has 0 radical (unpaired) electrons. The minimum Gasteiger partial charge on any atom is -0.408 e. The Morgan fingerprint density at radius 3 is 2.92 bits per heavy atom. The number of aromatic nitrogens is 4. The molecule has 0 aliphatic rings. The molecule has 0 saturated carbocycles. The van der Waals surface area contributed by atoms with Crippen molar-refractivity contribution in [1.82, 2.24) is 20.2 Å². The Balaban J connectivity index is 2.51. The molecular formula is C6H4N4OS. The topological polar surface area (TPSA) is 67.6 Å². The van der Waals surface area contributed by atoms with E-state index < -0.39 is 0 Å². The molecule has 0 spiro atoms. The van der Waals surface area contributed by atoms with E-state index in [4.69, 9.17) is 16.6 Å². The molecule has 0 bridgehead atoms. The second-order valence-electron chi connectivity index (χ2n) is 2.01. The van der Waals surface area contributed by atoms with Gasteiger partial charge in [0.1, 0.15) is 5.69 Å². The van der Waals surface area contributed by atoms with E-state index in [-0.39, 0.29) is 4.84 Å². The van der Waals surface area contributed by atoms with Crippen LogP contribution in [0.1, 0.15) is 0 Å². The zero-order valence-corrected chi connectivity index (χ0v) is 6.71. The fraction of sp³-hybridized carbons (Fsp3) is 0. The number of nitrogens with zero attached hydrogens (tertiary/aromatic N) is 3. The molecule has 0 amide bonds. The van der Waals surface area contributed by atoms with Crippen molar-refractivity contribution >= 4 is 12.2 Å². The Morgan fingerprint density at radius 2 is 2.33 bits per heavy atom. The second kappa shape index (κ2) is 2.82. The molecular weight excluding hydrogens is 176 g/mol. The van der Waals surface area contributed by atoms with Crippen molar-refractivity contribution in [2.45, 2.75) is 0 Å². The summed E-state index contributed by atoms with van der Waals surface area (Å²) < 4.78 is 5.02. The molecule has 0 fully saturated rings. The van der Waals surface area contributed by atoms with Gasteiger partial charge < -0.3 is 4.42 Å².